The molecule has 0 unspecified atom stereocenters. The van der Waals surface area contributed by atoms with Crippen LogP contribution in [0.3, 0.4) is 0 Å². The Bertz CT molecular complexity index is 751. The minimum atomic E-state index is -0.0593. The molecule has 1 aliphatic rings. The monoisotopic (exact) mass is 369 g/mol. The first kappa shape index (κ1) is 18.9. The number of hydrogen-bond donors (Lipinski definition) is 2. The molecular weight excluding hydrogens is 342 g/mol. The van der Waals surface area contributed by atoms with E-state index in [-0.39, 0.29) is 17.9 Å². The molecule has 0 saturated carbocycles. The van der Waals surface area contributed by atoms with Crippen LogP contribution >= 0.6 is 0 Å². The van der Waals surface area contributed by atoms with Gasteiger partial charge in [0.05, 0.1) is 0 Å². The summed E-state index contributed by atoms with van der Waals surface area (Å²) in [5, 5.41) is 5.95. The predicted molar refractivity (Wildman–Crippen MR) is 103 cm³/mol. The first-order chi connectivity index (χ1) is 13.1. The summed E-state index contributed by atoms with van der Waals surface area (Å²) >= 11 is 0. The van der Waals surface area contributed by atoms with Crippen LogP contribution in [0.5, 0.6) is 0 Å². The fourth-order valence-electron chi connectivity index (χ4n) is 3.31. The van der Waals surface area contributed by atoms with E-state index in [1.807, 2.05) is 48.0 Å². The Hall–Kier alpha value is -2.83. The summed E-state index contributed by atoms with van der Waals surface area (Å²) in [6.45, 7) is 4.98. The van der Waals surface area contributed by atoms with Gasteiger partial charge in [0.2, 0.25) is 5.91 Å². The predicted octanol–water partition coefficient (Wildman–Crippen LogP) is 1.93. The van der Waals surface area contributed by atoms with E-state index in [1.54, 1.807) is 11.1 Å². The van der Waals surface area contributed by atoms with E-state index in [2.05, 4.69) is 15.6 Å². The number of nitrogens with one attached hydrogen (secondary N) is 2. The van der Waals surface area contributed by atoms with Crippen molar-refractivity contribution in [2.24, 2.45) is 5.92 Å². The Morgan fingerprint density at radius 2 is 1.89 bits per heavy atom. The summed E-state index contributed by atoms with van der Waals surface area (Å²) in [6.07, 6.45) is 5.06. The van der Waals surface area contributed by atoms with E-state index < -0.39 is 0 Å². The zero-order valence-corrected chi connectivity index (χ0v) is 15.7. The van der Waals surface area contributed by atoms with Crippen LogP contribution < -0.4 is 10.6 Å². The molecular formula is C20H27N5O2. The van der Waals surface area contributed by atoms with Crippen molar-refractivity contribution in [1.29, 1.82) is 0 Å². The van der Waals surface area contributed by atoms with Gasteiger partial charge < -0.3 is 20.1 Å². The Kier molecular flexibility index (Phi) is 6.46. The number of nitrogens with zero attached hydrogens (tertiary/aromatic N) is 3. The van der Waals surface area contributed by atoms with Crippen molar-refractivity contribution in [2.75, 3.05) is 19.6 Å². The van der Waals surface area contributed by atoms with Crippen molar-refractivity contribution in [3.63, 3.8) is 0 Å². The molecule has 3 amide bonds. The summed E-state index contributed by atoms with van der Waals surface area (Å²) in [4.78, 5) is 30.6. The first-order valence-electron chi connectivity index (χ1n) is 9.45. The van der Waals surface area contributed by atoms with Gasteiger partial charge >= 0.3 is 6.03 Å². The quantitative estimate of drug-likeness (QED) is 0.817. The van der Waals surface area contributed by atoms with E-state index in [1.165, 1.54) is 0 Å². The largest absolute Gasteiger partial charge is 0.352 e. The molecule has 1 saturated heterocycles. The van der Waals surface area contributed by atoms with Gasteiger partial charge in [0.15, 0.2) is 0 Å². The lowest BCUT2D eigenvalue weighted by Gasteiger charge is -2.31. The number of rotatable bonds is 6. The van der Waals surface area contributed by atoms with Crippen LogP contribution in [-0.2, 0) is 17.9 Å². The molecule has 2 N–H and O–H groups in total. The van der Waals surface area contributed by atoms with Crippen LogP contribution in [0, 0.1) is 12.8 Å². The molecule has 3 rings (SSSR count). The summed E-state index contributed by atoms with van der Waals surface area (Å²) in [7, 11) is 0. The number of urea groups is 1. The minimum Gasteiger partial charge on any atom is -0.352 e. The fraction of sp³-hybridized carbons (Fsp3) is 0.450. The number of aromatic nitrogens is 2. The highest BCUT2D eigenvalue weighted by Gasteiger charge is 2.27. The molecule has 0 bridgehead atoms. The maximum absolute atomic E-state index is 12.3. The van der Waals surface area contributed by atoms with E-state index in [0.717, 1.165) is 11.4 Å². The second-order valence-electron chi connectivity index (χ2n) is 6.86. The third kappa shape index (κ3) is 5.32. The summed E-state index contributed by atoms with van der Waals surface area (Å²) in [5.41, 5.74) is 1.09. The molecule has 2 heterocycles. The summed E-state index contributed by atoms with van der Waals surface area (Å²) in [6, 6.07) is 9.83. The van der Waals surface area contributed by atoms with Gasteiger partial charge in [0.25, 0.3) is 0 Å². The molecule has 0 atom stereocenters. The lowest BCUT2D eigenvalue weighted by Crippen LogP contribution is -2.47. The number of amides is 3. The Balaban J connectivity index is 1.35. The number of aryl methyl sites for hydroxylation is 1. The third-order valence-electron chi connectivity index (χ3n) is 5.02. The van der Waals surface area contributed by atoms with Crippen molar-refractivity contribution in [2.45, 2.75) is 32.9 Å². The molecule has 1 aromatic heterocycles. The zero-order chi connectivity index (χ0) is 19.1. The van der Waals surface area contributed by atoms with Gasteiger partial charge in [-0.05, 0) is 25.3 Å². The van der Waals surface area contributed by atoms with Gasteiger partial charge in [-0.15, -0.1) is 0 Å². The molecule has 27 heavy (non-hydrogen) atoms. The SMILES string of the molecule is Cc1nccn1CCNC(=O)N1CCC(C(=O)NCc2ccccc2)CC1. The van der Waals surface area contributed by atoms with Crippen molar-refractivity contribution < 1.29 is 9.59 Å². The number of carbonyl (C=O) groups is 2. The van der Waals surface area contributed by atoms with Gasteiger partial charge in [-0.3, -0.25) is 4.79 Å². The molecule has 1 aromatic carbocycles. The second kappa shape index (κ2) is 9.21. The van der Waals surface area contributed by atoms with Gasteiger partial charge in [0, 0.05) is 51.0 Å². The maximum atomic E-state index is 12.3. The van der Waals surface area contributed by atoms with E-state index in [9.17, 15) is 9.59 Å². The van der Waals surface area contributed by atoms with Crippen molar-refractivity contribution in [3.05, 3.63) is 54.1 Å². The molecule has 1 aliphatic heterocycles. The smallest absolute Gasteiger partial charge is 0.317 e. The van der Waals surface area contributed by atoms with Gasteiger partial charge in [-0.2, -0.15) is 0 Å². The average molecular weight is 369 g/mol. The summed E-state index contributed by atoms with van der Waals surface area (Å²) in [5.74, 6) is 0.993. The van der Waals surface area contributed by atoms with E-state index in [0.29, 0.717) is 45.6 Å². The Morgan fingerprint density at radius 3 is 2.56 bits per heavy atom. The van der Waals surface area contributed by atoms with Crippen LogP contribution in [0.15, 0.2) is 42.7 Å². The summed E-state index contributed by atoms with van der Waals surface area (Å²) < 4.78 is 2.00. The number of hydrogen-bond acceptors (Lipinski definition) is 3. The van der Waals surface area contributed by atoms with Crippen LogP contribution in [0.1, 0.15) is 24.2 Å². The maximum Gasteiger partial charge on any atom is 0.317 e. The Labute approximate surface area is 159 Å². The lowest BCUT2D eigenvalue weighted by molar-refractivity contribution is -0.126. The van der Waals surface area contributed by atoms with Crippen molar-refractivity contribution >= 4 is 11.9 Å². The zero-order valence-electron chi connectivity index (χ0n) is 15.7. The Morgan fingerprint density at radius 1 is 1.15 bits per heavy atom. The van der Waals surface area contributed by atoms with Gasteiger partial charge in [0.1, 0.15) is 5.82 Å². The first-order valence-corrected chi connectivity index (χ1v) is 9.45. The van der Waals surface area contributed by atoms with Crippen molar-refractivity contribution in [1.82, 2.24) is 25.1 Å². The van der Waals surface area contributed by atoms with Gasteiger partial charge in [-0.25, -0.2) is 9.78 Å². The van der Waals surface area contributed by atoms with Crippen LogP contribution in [0.25, 0.3) is 0 Å². The molecule has 0 aliphatic carbocycles. The van der Waals surface area contributed by atoms with E-state index >= 15 is 0 Å². The van der Waals surface area contributed by atoms with Crippen molar-refractivity contribution in [3.8, 4) is 0 Å². The third-order valence-corrected chi connectivity index (χ3v) is 5.02. The van der Waals surface area contributed by atoms with E-state index in [4.69, 9.17) is 0 Å². The molecule has 0 radical (unpaired) electrons. The second-order valence-corrected chi connectivity index (χ2v) is 6.86. The highest BCUT2D eigenvalue weighted by atomic mass is 16.2. The molecule has 1 fully saturated rings. The van der Waals surface area contributed by atoms with Crippen LogP contribution in [0.2, 0.25) is 0 Å². The number of likely N-dealkylation sites (tertiary alicyclic amines) is 1. The highest BCUT2D eigenvalue weighted by molar-refractivity contribution is 5.79. The molecule has 7 heteroatoms. The van der Waals surface area contributed by atoms with Crippen LogP contribution in [0.4, 0.5) is 4.79 Å². The topological polar surface area (TPSA) is 79.3 Å². The standard InChI is InChI=1S/C20H27N5O2/c1-16-21-9-13-24(16)14-10-22-20(27)25-11-7-18(8-12-25)19(26)23-15-17-5-3-2-4-6-17/h2-6,9,13,18H,7-8,10-12,14-15H2,1H3,(H,22,27)(H,23,26). The average Bonchev–Trinajstić information content (AvgIpc) is 3.12. The molecule has 2 aromatic rings. The van der Waals surface area contributed by atoms with Crippen LogP contribution in [-0.4, -0.2) is 46.0 Å². The number of piperidine rings is 1. The number of imidazole rings is 1. The minimum absolute atomic E-state index is 0.0219. The number of carbonyl (C=O) groups excluding carboxylic acids is 2. The normalized spacial score (nSPS) is 14.8. The van der Waals surface area contributed by atoms with Gasteiger partial charge in [-0.1, -0.05) is 30.3 Å². The molecule has 7 nitrogen and oxygen atoms in total. The molecule has 144 valence electrons. The molecule has 0 spiro atoms. The number of benzene rings is 1. The highest BCUT2D eigenvalue weighted by Crippen LogP contribution is 2.17. The fourth-order valence-corrected chi connectivity index (χ4v) is 3.31. The lowest BCUT2D eigenvalue weighted by atomic mass is 9.96.